The molecule has 0 aromatic carbocycles. The lowest BCUT2D eigenvalue weighted by molar-refractivity contribution is -0.130. The van der Waals surface area contributed by atoms with Crippen LogP contribution in [0.4, 0.5) is 0 Å². The Kier molecular flexibility index (Phi) is 5.24. The summed E-state index contributed by atoms with van der Waals surface area (Å²) in [5, 5.41) is 5.12. The van der Waals surface area contributed by atoms with E-state index in [1.165, 1.54) is 16.2 Å². The van der Waals surface area contributed by atoms with Crippen LogP contribution >= 0.6 is 11.3 Å². The second-order valence-electron chi connectivity index (χ2n) is 4.09. The fourth-order valence-corrected chi connectivity index (χ4v) is 2.17. The van der Waals surface area contributed by atoms with Crippen molar-refractivity contribution in [2.75, 3.05) is 20.6 Å². The summed E-state index contributed by atoms with van der Waals surface area (Å²) in [5.74, 6) is -0.488. The summed E-state index contributed by atoms with van der Waals surface area (Å²) in [7, 11) is 3.29. The zero-order valence-corrected chi connectivity index (χ0v) is 11.6. The number of aromatic nitrogens is 1. The van der Waals surface area contributed by atoms with E-state index in [0.717, 1.165) is 5.01 Å². The van der Waals surface area contributed by atoms with Crippen LogP contribution in [0.5, 0.6) is 0 Å². The van der Waals surface area contributed by atoms with Gasteiger partial charge in [-0.2, -0.15) is 0 Å². The first kappa shape index (κ1) is 14.6. The van der Waals surface area contributed by atoms with E-state index in [1.54, 1.807) is 26.4 Å². The van der Waals surface area contributed by atoms with Gasteiger partial charge in [-0.15, -0.1) is 11.3 Å². The first-order valence-corrected chi connectivity index (χ1v) is 6.50. The van der Waals surface area contributed by atoms with Gasteiger partial charge in [0.1, 0.15) is 11.7 Å². The first-order valence-electron chi connectivity index (χ1n) is 5.62. The Labute approximate surface area is 110 Å². The van der Waals surface area contributed by atoms with Crippen LogP contribution in [0, 0.1) is 0 Å². The van der Waals surface area contributed by atoms with E-state index < -0.39 is 6.04 Å². The van der Waals surface area contributed by atoms with Gasteiger partial charge in [0.25, 0.3) is 5.91 Å². The van der Waals surface area contributed by atoms with Gasteiger partial charge in [-0.3, -0.25) is 9.59 Å². The number of nitrogens with one attached hydrogen (secondary N) is 1. The number of nitrogens with zero attached hydrogens (tertiary/aromatic N) is 2. The van der Waals surface area contributed by atoms with Crippen LogP contribution in [0.1, 0.15) is 22.4 Å². The molecule has 0 aliphatic carbocycles. The molecule has 100 valence electrons. The summed E-state index contributed by atoms with van der Waals surface area (Å²) in [5.41, 5.74) is 5.75. The molecule has 0 aliphatic rings. The van der Waals surface area contributed by atoms with Crippen molar-refractivity contribution in [3.8, 4) is 0 Å². The molecule has 18 heavy (non-hydrogen) atoms. The molecule has 0 saturated heterocycles. The molecule has 1 unspecified atom stereocenters. The maximum Gasteiger partial charge on any atom is 0.271 e. The number of amides is 2. The van der Waals surface area contributed by atoms with Crippen LogP contribution < -0.4 is 11.1 Å². The highest BCUT2D eigenvalue weighted by atomic mass is 32.1. The van der Waals surface area contributed by atoms with E-state index >= 15 is 0 Å². The summed E-state index contributed by atoms with van der Waals surface area (Å²) in [6, 6.07) is -0.563. The number of hydrogen-bond acceptors (Lipinski definition) is 5. The van der Waals surface area contributed by atoms with E-state index in [0.29, 0.717) is 18.7 Å². The second-order valence-corrected chi connectivity index (χ2v) is 5.04. The molecule has 0 aliphatic heterocycles. The SMILES string of the molecule is CC(NC(=O)c1csc(CCN)n1)C(=O)N(C)C. The fraction of sp³-hybridized carbons (Fsp3) is 0.545. The van der Waals surface area contributed by atoms with Crippen LogP contribution in [-0.4, -0.2) is 48.4 Å². The van der Waals surface area contributed by atoms with Gasteiger partial charge in [0, 0.05) is 25.9 Å². The number of thiazole rings is 1. The molecule has 1 aromatic rings. The molecular formula is C11H18N4O2S. The van der Waals surface area contributed by atoms with Crippen molar-refractivity contribution < 1.29 is 9.59 Å². The van der Waals surface area contributed by atoms with E-state index in [4.69, 9.17) is 5.73 Å². The van der Waals surface area contributed by atoms with Gasteiger partial charge in [-0.1, -0.05) is 0 Å². The van der Waals surface area contributed by atoms with Crippen molar-refractivity contribution in [2.45, 2.75) is 19.4 Å². The van der Waals surface area contributed by atoms with Gasteiger partial charge in [0.2, 0.25) is 5.91 Å². The number of carbonyl (C=O) groups excluding carboxylic acids is 2. The Morgan fingerprint density at radius 2 is 2.22 bits per heavy atom. The van der Waals surface area contributed by atoms with Gasteiger partial charge in [-0.05, 0) is 13.5 Å². The largest absolute Gasteiger partial charge is 0.347 e. The fourth-order valence-electron chi connectivity index (χ4n) is 1.37. The molecule has 1 heterocycles. The number of hydrogen-bond donors (Lipinski definition) is 2. The standard InChI is InChI=1S/C11H18N4O2S/c1-7(11(17)15(2)3)13-10(16)8-6-18-9(14-8)4-5-12/h6-7H,4-5,12H2,1-3H3,(H,13,16). The minimum Gasteiger partial charge on any atom is -0.347 e. The van der Waals surface area contributed by atoms with Crippen LogP contribution in [0.2, 0.25) is 0 Å². The van der Waals surface area contributed by atoms with Gasteiger partial charge in [0.05, 0.1) is 5.01 Å². The highest BCUT2D eigenvalue weighted by Crippen LogP contribution is 2.10. The molecule has 0 spiro atoms. The number of likely N-dealkylation sites (N-methyl/N-ethyl adjacent to an activating group) is 1. The average Bonchev–Trinajstić information content (AvgIpc) is 2.77. The van der Waals surface area contributed by atoms with Gasteiger partial charge >= 0.3 is 0 Å². The molecule has 1 rings (SSSR count). The Balaban J connectivity index is 2.61. The van der Waals surface area contributed by atoms with Crippen molar-refractivity contribution in [1.29, 1.82) is 0 Å². The zero-order chi connectivity index (χ0) is 13.7. The highest BCUT2D eigenvalue weighted by Gasteiger charge is 2.19. The van der Waals surface area contributed by atoms with Crippen LogP contribution in [-0.2, 0) is 11.2 Å². The molecule has 1 atom stereocenters. The van der Waals surface area contributed by atoms with Gasteiger partial charge in [-0.25, -0.2) is 4.98 Å². The van der Waals surface area contributed by atoms with Crippen molar-refractivity contribution in [3.63, 3.8) is 0 Å². The summed E-state index contributed by atoms with van der Waals surface area (Å²) < 4.78 is 0. The summed E-state index contributed by atoms with van der Waals surface area (Å²) >= 11 is 1.40. The molecule has 0 fully saturated rings. The first-order chi connectivity index (χ1) is 8.45. The van der Waals surface area contributed by atoms with Crippen molar-refractivity contribution in [2.24, 2.45) is 5.73 Å². The number of nitrogens with two attached hydrogens (primary N) is 1. The van der Waals surface area contributed by atoms with Crippen molar-refractivity contribution >= 4 is 23.2 Å². The quantitative estimate of drug-likeness (QED) is 0.779. The van der Waals surface area contributed by atoms with Crippen LogP contribution in [0.15, 0.2) is 5.38 Å². The van der Waals surface area contributed by atoms with Gasteiger partial charge < -0.3 is 16.0 Å². The number of rotatable bonds is 5. The topological polar surface area (TPSA) is 88.3 Å². The predicted octanol–water partition coefficient (Wildman–Crippen LogP) is -0.149. The second kappa shape index (κ2) is 6.46. The summed E-state index contributed by atoms with van der Waals surface area (Å²) in [6.07, 6.45) is 0.657. The third-order valence-electron chi connectivity index (χ3n) is 2.30. The number of carbonyl (C=O) groups is 2. The molecule has 0 radical (unpaired) electrons. The summed E-state index contributed by atoms with van der Waals surface area (Å²) in [4.78, 5) is 29.0. The third kappa shape index (κ3) is 3.78. The van der Waals surface area contributed by atoms with E-state index in [9.17, 15) is 9.59 Å². The average molecular weight is 270 g/mol. The smallest absolute Gasteiger partial charge is 0.271 e. The molecule has 3 N–H and O–H groups in total. The Morgan fingerprint density at radius 3 is 2.78 bits per heavy atom. The summed E-state index contributed by atoms with van der Waals surface area (Å²) in [6.45, 7) is 2.15. The molecule has 1 aromatic heterocycles. The van der Waals surface area contributed by atoms with Crippen LogP contribution in [0.25, 0.3) is 0 Å². The van der Waals surface area contributed by atoms with Gasteiger partial charge in [0.15, 0.2) is 0 Å². The van der Waals surface area contributed by atoms with E-state index in [1.807, 2.05) is 0 Å². The lowest BCUT2D eigenvalue weighted by Gasteiger charge is -2.17. The molecule has 6 nitrogen and oxygen atoms in total. The Morgan fingerprint density at radius 1 is 1.56 bits per heavy atom. The maximum atomic E-state index is 11.8. The molecule has 0 bridgehead atoms. The minimum absolute atomic E-state index is 0.152. The Hall–Kier alpha value is -1.47. The Bertz CT molecular complexity index is 430. The molecule has 0 saturated carbocycles. The van der Waals surface area contributed by atoms with Crippen molar-refractivity contribution in [1.82, 2.24) is 15.2 Å². The minimum atomic E-state index is -0.563. The van der Waals surface area contributed by atoms with Crippen LogP contribution in [0.3, 0.4) is 0 Å². The molecule has 2 amide bonds. The molecular weight excluding hydrogens is 252 g/mol. The lowest BCUT2D eigenvalue weighted by atomic mass is 10.3. The van der Waals surface area contributed by atoms with E-state index in [2.05, 4.69) is 10.3 Å². The highest BCUT2D eigenvalue weighted by molar-refractivity contribution is 7.09. The molecule has 7 heteroatoms. The predicted molar refractivity (Wildman–Crippen MR) is 70.5 cm³/mol. The maximum absolute atomic E-state index is 11.8. The lowest BCUT2D eigenvalue weighted by Crippen LogP contribution is -2.44. The normalized spacial score (nSPS) is 12.0. The third-order valence-corrected chi connectivity index (χ3v) is 3.21. The monoisotopic (exact) mass is 270 g/mol. The zero-order valence-electron chi connectivity index (χ0n) is 10.8. The van der Waals surface area contributed by atoms with E-state index in [-0.39, 0.29) is 11.8 Å². The van der Waals surface area contributed by atoms with Crippen molar-refractivity contribution in [3.05, 3.63) is 16.1 Å².